The number of aliphatic hydroxyl groups excluding tert-OH is 1. The van der Waals surface area contributed by atoms with Crippen LogP contribution in [0.4, 0.5) is 0 Å². The Hall–Kier alpha value is -1.72. The molecule has 2 rings (SSSR count). The zero-order valence-electron chi connectivity index (χ0n) is 12.5. The molecule has 0 radical (unpaired) electrons. The number of methoxy groups -OCH3 is 2. The first-order chi connectivity index (χ1) is 10.2. The van der Waals surface area contributed by atoms with Gasteiger partial charge in [0.15, 0.2) is 11.5 Å². The average Bonchev–Trinajstić information content (AvgIpc) is 2.99. The van der Waals surface area contributed by atoms with Crippen LogP contribution in [-0.4, -0.2) is 19.3 Å². The number of benzene rings is 1. The highest BCUT2D eigenvalue weighted by atomic mass is 32.1. The Balaban J connectivity index is 2.21. The summed E-state index contributed by atoms with van der Waals surface area (Å²) in [5.41, 5.74) is 0.723. The maximum absolute atomic E-state index is 9.26. The largest absolute Gasteiger partial charge is 0.493 e. The number of ether oxygens (including phenoxy) is 3. The lowest BCUT2D eigenvalue weighted by Gasteiger charge is -2.15. The summed E-state index contributed by atoms with van der Waals surface area (Å²) in [6.45, 7) is 2.53. The van der Waals surface area contributed by atoms with Crippen LogP contribution >= 0.6 is 11.3 Å². The molecular weight excluding hydrogens is 288 g/mol. The number of hydrogen-bond donors (Lipinski definition) is 1. The highest BCUT2D eigenvalue weighted by molar-refractivity contribution is 7.11. The molecule has 0 fully saturated rings. The summed E-state index contributed by atoms with van der Waals surface area (Å²) < 4.78 is 16.5. The molecule has 114 valence electrons. The Bertz CT molecular complexity index is 567. The lowest BCUT2D eigenvalue weighted by atomic mass is 10.2. The summed E-state index contributed by atoms with van der Waals surface area (Å²) >= 11 is 1.74. The third kappa shape index (κ3) is 3.68. The summed E-state index contributed by atoms with van der Waals surface area (Å²) in [6.07, 6.45) is 1.03. The molecule has 0 saturated heterocycles. The van der Waals surface area contributed by atoms with Gasteiger partial charge in [-0.2, -0.15) is 0 Å². The maximum atomic E-state index is 9.26. The molecule has 1 aromatic carbocycles. The summed E-state index contributed by atoms with van der Waals surface area (Å²) in [4.78, 5) is 2.49. The van der Waals surface area contributed by atoms with Crippen LogP contribution in [0.2, 0.25) is 0 Å². The van der Waals surface area contributed by atoms with E-state index in [9.17, 15) is 5.11 Å². The molecule has 0 aliphatic heterocycles. The third-order valence-corrected chi connectivity index (χ3v) is 4.33. The zero-order chi connectivity index (χ0) is 15.2. The minimum atomic E-state index is -0.0716. The molecule has 0 unspecified atom stereocenters. The SMILES string of the molecule is CCc1ccc(COc2c(OC)cc(CO)cc2OC)s1. The first-order valence-corrected chi connectivity index (χ1v) is 7.59. The first kappa shape index (κ1) is 15.7. The molecule has 0 saturated carbocycles. The van der Waals surface area contributed by atoms with Crippen LogP contribution < -0.4 is 14.2 Å². The van der Waals surface area contributed by atoms with Crippen LogP contribution in [0.25, 0.3) is 0 Å². The van der Waals surface area contributed by atoms with Crippen LogP contribution in [-0.2, 0) is 19.6 Å². The van der Waals surface area contributed by atoms with Crippen LogP contribution in [0.5, 0.6) is 17.2 Å². The van der Waals surface area contributed by atoms with Gasteiger partial charge in [-0.1, -0.05) is 6.92 Å². The van der Waals surface area contributed by atoms with Gasteiger partial charge in [0, 0.05) is 9.75 Å². The van der Waals surface area contributed by atoms with Crippen molar-refractivity contribution in [3.8, 4) is 17.2 Å². The van der Waals surface area contributed by atoms with E-state index >= 15 is 0 Å². The molecule has 0 atom stereocenters. The summed E-state index contributed by atoms with van der Waals surface area (Å²) in [6, 6.07) is 7.70. The predicted molar refractivity (Wildman–Crippen MR) is 83.5 cm³/mol. The molecular formula is C16H20O4S. The van der Waals surface area contributed by atoms with Crippen molar-refractivity contribution in [3.05, 3.63) is 39.6 Å². The van der Waals surface area contributed by atoms with Crippen LogP contribution in [0, 0.1) is 0 Å². The van der Waals surface area contributed by atoms with E-state index in [0.717, 1.165) is 16.9 Å². The molecule has 21 heavy (non-hydrogen) atoms. The van der Waals surface area contributed by atoms with E-state index in [2.05, 4.69) is 19.1 Å². The van der Waals surface area contributed by atoms with E-state index in [1.807, 2.05) is 0 Å². The van der Waals surface area contributed by atoms with E-state index < -0.39 is 0 Å². The number of aliphatic hydroxyl groups is 1. The lowest BCUT2D eigenvalue weighted by molar-refractivity contribution is 0.261. The molecule has 0 aliphatic rings. The van der Waals surface area contributed by atoms with Crippen molar-refractivity contribution in [1.82, 2.24) is 0 Å². The fourth-order valence-corrected chi connectivity index (χ4v) is 2.87. The van der Waals surface area contributed by atoms with Gasteiger partial charge in [-0.25, -0.2) is 0 Å². The van der Waals surface area contributed by atoms with Crippen molar-refractivity contribution in [3.63, 3.8) is 0 Å². The van der Waals surface area contributed by atoms with Crippen molar-refractivity contribution in [2.24, 2.45) is 0 Å². The normalized spacial score (nSPS) is 10.5. The number of hydrogen-bond acceptors (Lipinski definition) is 5. The molecule has 0 amide bonds. The fourth-order valence-electron chi connectivity index (χ4n) is 2.00. The van der Waals surface area contributed by atoms with E-state index in [0.29, 0.717) is 23.9 Å². The second-order valence-corrected chi connectivity index (χ2v) is 5.75. The second kappa shape index (κ2) is 7.33. The van der Waals surface area contributed by atoms with Crippen molar-refractivity contribution in [1.29, 1.82) is 0 Å². The number of aryl methyl sites for hydroxylation is 1. The van der Waals surface area contributed by atoms with Crippen LogP contribution in [0.15, 0.2) is 24.3 Å². The Morgan fingerprint density at radius 1 is 1.05 bits per heavy atom. The van der Waals surface area contributed by atoms with Gasteiger partial charge >= 0.3 is 0 Å². The molecule has 2 aromatic rings. The highest BCUT2D eigenvalue weighted by Gasteiger charge is 2.14. The third-order valence-electron chi connectivity index (χ3n) is 3.13. The molecule has 1 heterocycles. The Morgan fingerprint density at radius 3 is 2.14 bits per heavy atom. The molecule has 0 spiro atoms. The Kier molecular flexibility index (Phi) is 5.47. The monoisotopic (exact) mass is 308 g/mol. The Labute approximate surface area is 128 Å². The minimum Gasteiger partial charge on any atom is -0.493 e. The smallest absolute Gasteiger partial charge is 0.203 e. The van der Waals surface area contributed by atoms with Gasteiger partial charge in [-0.3, -0.25) is 0 Å². The van der Waals surface area contributed by atoms with Gasteiger partial charge in [0.2, 0.25) is 5.75 Å². The van der Waals surface area contributed by atoms with Crippen LogP contribution in [0.3, 0.4) is 0 Å². The van der Waals surface area contributed by atoms with Gasteiger partial charge in [0.05, 0.1) is 20.8 Å². The average molecular weight is 308 g/mol. The van der Waals surface area contributed by atoms with Crippen molar-refractivity contribution >= 4 is 11.3 Å². The molecule has 4 nitrogen and oxygen atoms in total. The van der Waals surface area contributed by atoms with E-state index in [-0.39, 0.29) is 6.61 Å². The summed E-state index contributed by atoms with van der Waals surface area (Å²) in [7, 11) is 3.15. The highest BCUT2D eigenvalue weighted by Crippen LogP contribution is 2.39. The van der Waals surface area contributed by atoms with Gasteiger partial charge < -0.3 is 19.3 Å². The van der Waals surface area contributed by atoms with E-state index in [1.165, 1.54) is 4.88 Å². The molecule has 5 heteroatoms. The molecule has 1 aromatic heterocycles. The molecule has 0 bridgehead atoms. The van der Waals surface area contributed by atoms with Crippen molar-refractivity contribution in [2.45, 2.75) is 26.6 Å². The first-order valence-electron chi connectivity index (χ1n) is 6.78. The predicted octanol–water partition coefficient (Wildman–Crippen LogP) is 3.40. The summed E-state index contributed by atoms with van der Waals surface area (Å²) in [5.74, 6) is 1.68. The number of thiophene rings is 1. The van der Waals surface area contributed by atoms with Crippen molar-refractivity contribution in [2.75, 3.05) is 14.2 Å². The Morgan fingerprint density at radius 2 is 1.67 bits per heavy atom. The van der Waals surface area contributed by atoms with Crippen LogP contribution in [0.1, 0.15) is 22.2 Å². The quantitative estimate of drug-likeness (QED) is 0.851. The van der Waals surface area contributed by atoms with Gasteiger partial charge in [0.1, 0.15) is 6.61 Å². The fraction of sp³-hybridized carbons (Fsp3) is 0.375. The molecule has 1 N–H and O–H groups in total. The van der Waals surface area contributed by atoms with Gasteiger partial charge in [0.25, 0.3) is 0 Å². The standard InChI is InChI=1S/C16H20O4S/c1-4-12-5-6-13(21-12)10-20-16-14(18-2)7-11(9-17)8-15(16)19-3/h5-8,17H,4,9-10H2,1-3H3. The van der Waals surface area contributed by atoms with Crippen molar-refractivity contribution < 1.29 is 19.3 Å². The topological polar surface area (TPSA) is 47.9 Å². The number of rotatable bonds is 7. The second-order valence-electron chi connectivity index (χ2n) is 4.50. The molecule has 0 aliphatic carbocycles. The zero-order valence-corrected chi connectivity index (χ0v) is 13.3. The van der Waals surface area contributed by atoms with Gasteiger partial charge in [-0.05, 0) is 36.2 Å². The summed E-state index contributed by atoms with van der Waals surface area (Å²) in [5, 5.41) is 9.26. The van der Waals surface area contributed by atoms with Gasteiger partial charge in [-0.15, -0.1) is 11.3 Å². The minimum absolute atomic E-state index is 0.0716. The van der Waals surface area contributed by atoms with E-state index in [4.69, 9.17) is 14.2 Å². The van der Waals surface area contributed by atoms with E-state index in [1.54, 1.807) is 37.7 Å². The lowest BCUT2D eigenvalue weighted by Crippen LogP contribution is -2.00. The maximum Gasteiger partial charge on any atom is 0.203 e.